The van der Waals surface area contributed by atoms with Crippen molar-refractivity contribution in [2.45, 2.75) is 39.5 Å². The van der Waals surface area contributed by atoms with Gasteiger partial charge in [-0.2, -0.15) is 0 Å². The van der Waals surface area contributed by atoms with Gasteiger partial charge in [-0.25, -0.2) is 0 Å². The molecular formula is C17H25NO3. The number of aryl methyl sites for hydroxylation is 2. The molecule has 0 radical (unpaired) electrons. The zero-order chi connectivity index (χ0) is 15.3. The van der Waals surface area contributed by atoms with Gasteiger partial charge in [0, 0.05) is 12.0 Å². The topological polar surface area (TPSA) is 58.6 Å². The van der Waals surface area contributed by atoms with Gasteiger partial charge in [-0.05, 0) is 43.9 Å². The molecule has 0 aliphatic heterocycles. The molecule has 0 atom stereocenters. The Morgan fingerprint density at radius 3 is 2.71 bits per heavy atom. The van der Waals surface area contributed by atoms with Crippen LogP contribution < -0.4 is 10.1 Å². The molecule has 2 N–H and O–H groups in total. The monoisotopic (exact) mass is 291 g/mol. The van der Waals surface area contributed by atoms with Crippen molar-refractivity contribution >= 4 is 5.91 Å². The van der Waals surface area contributed by atoms with Gasteiger partial charge in [-0.1, -0.05) is 25.0 Å². The Kier molecular flexibility index (Phi) is 5.23. The van der Waals surface area contributed by atoms with E-state index in [1.165, 1.54) is 0 Å². The van der Waals surface area contributed by atoms with Gasteiger partial charge in [0.15, 0.2) is 6.61 Å². The first kappa shape index (κ1) is 15.8. The summed E-state index contributed by atoms with van der Waals surface area (Å²) in [5.41, 5.74) is 2.02. The van der Waals surface area contributed by atoms with Crippen LogP contribution in [0, 0.1) is 19.3 Å². The Morgan fingerprint density at radius 2 is 2.05 bits per heavy atom. The summed E-state index contributed by atoms with van der Waals surface area (Å²) in [6.07, 6.45) is 4.24. The first-order valence-corrected chi connectivity index (χ1v) is 7.62. The van der Waals surface area contributed by atoms with E-state index in [2.05, 4.69) is 5.32 Å². The van der Waals surface area contributed by atoms with Gasteiger partial charge in [0.1, 0.15) is 5.75 Å². The number of amides is 1. The molecule has 1 amide bonds. The number of carbonyl (C=O) groups excluding carboxylic acids is 1. The molecule has 4 heteroatoms. The summed E-state index contributed by atoms with van der Waals surface area (Å²) >= 11 is 0. The van der Waals surface area contributed by atoms with Gasteiger partial charge in [-0.15, -0.1) is 0 Å². The number of aliphatic hydroxyl groups is 1. The fourth-order valence-corrected chi connectivity index (χ4v) is 2.86. The molecule has 1 saturated carbocycles. The molecule has 1 aliphatic rings. The molecule has 2 rings (SSSR count). The van der Waals surface area contributed by atoms with Crippen LogP contribution in [-0.4, -0.2) is 30.8 Å². The van der Waals surface area contributed by atoms with Crippen molar-refractivity contribution < 1.29 is 14.6 Å². The van der Waals surface area contributed by atoms with Crippen LogP contribution >= 0.6 is 0 Å². The number of hydrogen-bond donors (Lipinski definition) is 2. The summed E-state index contributed by atoms with van der Waals surface area (Å²) in [5.74, 6) is 0.624. The van der Waals surface area contributed by atoms with Crippen molar-refractivity contribution in [3.8, 4) is 5.75 Å². The normalized spacial score (nSPS) is 16.7. The zero-order valence-electron chi connectivity index (χ0n) is 12.9. The Labute approximate surface area is 126 Å². The number of aliphatic hydroxyl groups excluding tert-OH is 1. The van der Waals surface area contributed by atoms with E-state index in [0.29, 0.717) is 6.54 Å². The second kappa shape index (κ2) is 6.94. The van der Waals surface area contributed by atoms with E-state index < -0.39 is 0 Å². The van der Waals surface area contributed by atoms with Crippen LogP contribution in [0.2, 0.25) is 0 Å². The van der Waals surface area contributed by atoms with Gasteiger partial charge < -0.3 is 15.2 Å². The van der Waals surface area contributed by atoms with E-state index in [1.807, 2.05) is 32.0 Å². The highest BCUT2D eigenvalue weighted by Gasteiger charge is 2.33. The summed E-state index contributed by atoms with van der Waals surface area (Å²) in [7, 11) is 0. The van der Waals surface area contributed by atoms with Crippen molar-refractivity contribution in [2.75, 3.05) is 19.8 Å². The van der Waals surface area contributed by atoms with E-state index in [9.17, 15) is 9.90 Å². The van der Waals surface area contributed by atoms with Crippen LogP contribution in [0.1, 0.15) is 36.8 Å². The number of ether oxygens (including phenoxy) is 1. The molecule has 0 spiro atoms. The Balaban J connectivity index is 1.81. The zero-order valence-corrected chi connectivity index (χ0v) is 12.9. The third kappa shape index (κ3) is 4.21. The van der Waals surface area contributed by atoms with Gasteiger partial charge in [-0.3, -0.25) is 4.79 Å². The minimum absolute atomic E-state index is 0.0196. The average molecular weight is 291 g/mol. The van der Waals surface area contributed by atoms with E-state index in [4.69, 9.17) is 4.74 Å². The number of hydrogen-bond acceptors (Lipinski definition) is 3. The van der Waals surface area contributed by atoms with Crippen LogP contribution in [0.15, 0.2) is 18.2 Å². The van der Waals surface area contributed by atoms with Crippen LogP contribution in [0.4, 0.5) is 0 Å². The summed E-state index contributed by atoms with van der Waals surface area (Å²) in [5, 5.41) is 12.4. The lowest BCUT2D eigenvalue weighted by Crippen LogP contribution is -2.40. The molecule has 1 aromatic rings. The molecule has 0 aromatic heterocycles. The van der Waals surface area contributed by atoms with Crippen LogP contribution in [-0.2, 0) is 4.79 Å². The highest BCUT2D eigenvalue weighted by atomic mass is 16.5. The molecule has 0 bridgehead atoms. The average Bonchev–Trinajstić information content (AvgIpc) is 2.95. The minimum Gasteiger partial charge on any atom is -0.483 e. The summed E-state index contributed by atoms with van der Waals surface area (Å²) in [4.78, 5) is 11.9. The largest absolute Gasteiger partial charge is 0.483 e. The molecule has 0 unspecified atom stereocenters. The SMILES string of the molecule is Cc1ccc(C)c(OCC(=O)NCC2(CO)CCCC2)c1. The van der Waals surface area contributed by atoms with Crippen LogP contribution in [0.3, 0.4) is 0 Å². The second-order valence-electron chi connectivity index (χ2n) is 6.20. The van der Waals surface area contributed by atoms with Crippen molar-refractivity contribution in [3.63, 3.8) is 0 Å². The quantitative estimate of drug-likeness (QED) is 0.846. The summed E-state index contributed by atoms with van der Waals surface area (Å²) in [6.45, 7) is 4.67. The van der Waals surface area contributed by atoms with Crippen molar-refractivity contribution in [2.24, 2.45) is 5.41 Å². The predicted molar refractivity (Wildman–Crippen MR) is 82.4 cm³/mol. The molecule has 0 heterocycles. The van der Waals surface area contributed by atoms with Crippen molar-refractivity contribution in [1.29, 1.82) is 0 Å². The van der Waals surface area contributed by atoms with E-state index in [0.717, 1.165) is 42.6 Å². The Morgan fingerprint density at radius 1 is 1.33 bits per heavy atom. The Bertz CT molecular complexity index is 493. The van der Waals surface area contributed by atoms with Crippen LogP contribution in [0.5, 0.6) is 5.75 Å². The third-order valence-corrected chi connectivity index (χ3v) is 4.36. The fourth-order valence-electron chi connectivity index (χ4n) is 2.86. The van der Waals surface area contributed by atoms with Crippen LogP contribution in [0.25, 0.3) is 0 Å². The maximum absolute atomic E-state index is 11.9. The maximum atomic E-state index is 11.9. The van der Waals surface area contributed by atoms with E-state index >= 15 is 0 Å². The van der Waals surface area contributed by atoms with Gasteiger partial charge in [0.2, 0.25) is 0 Å². The molecule has 4 nitrogen and oxygen atoms in total. The molecule has 21 heavy (non-hydrogen) atoms. The fraction of sp³-hybridized carbons (Fsp3) is 0.588. The molecule has 1 fully saturated rings. The molecule has 1 aromatic carbocycles. The third-order valence-electron chi connectivity index (χ3n) is 4.36. The van der Waals surface area contributed by atoms with Crippen molar-refractivity contribution in [1.82, 2.24) is 5.32 Å². The number of nitrogens with one attached hydrogen (secondary N) is 1. The van der Waals surface area contributed by atoms with Gasteiger partial charge in [0.05, 0.1) is 6.61 Å². The number of carbonyl (C=O) groups is 1. The lowest BCUT2D eigenvalue weighted by Gasteiger charge is -2.26. The van der Waals surface area contributed by atoms with E-state index in [-0.39, 0.29) is 24.5 Å². The van der Waals surface area contributed by atoms with E-state index in [1.54, 1.807) is 0 Å². The Hall–Kier alpha value is -1.55. The first-order chi connectivity index (χ1) is 10.0. The highest BCUT2D eigenvalue weighted by molar-refractivity contribution is 5.77. The highest BCUT2D eigenvalue weighted by Crippen LogP contribution is 2.36. The summed E-state index contributed by atoms with van der Waals surface area (Å²) in [6, 6.07) is 5.95. The minimum atomic E-state index is -0.129. The second-order valence-corrected chi connectivity index (χ2v) is 6.20. The standard InChI is InChI=1S/C17H25NO3/c1-13-5-6-14(2)15(9-13)21-10-16(20)18-11-17(12-19)7-3-4-8-17/h5-6,9,19H,3-4,7-8,10-12H2,1-2H3,(H,18,20). The molecule has 116 valence electrons. The van der Waals surface area contributed by atoms with Gasteiger partial charge >= 0.3 is 0 Å². The lowest BCUT2D eigenvalue weighted by atomic mass is 9.87. The predicted octanol–water partition coefficient (Wildman–Crippen LogP) is 2.35. The lowest BCUT2D eigenvalue weighted by molar-refractivity contribution is -0.123. The molecular weight excluding hydrogens is 266 g/mol. The smallest absolute Gasteiger partial charge is 0.257 e. The van der Waals surface area contributed by atoms with Crippen molar-refractivity contribution in [3.05, 3.63) is 29.3 Å². The molecule has 0 saturated heterocycles. The van der Waals surface area contributed by atoms with Gasteiger partial charge in [0.25, 0.3) is 5.91 Å². The number of rotatable bonds is 6. The summed E-state index contributed by atoms with van der Waals surface area (Å²) < 4.78 is 5.59. The maximum Gasteiger partial charge on any atom is 0.257 e. The number of benzene rings is 1. The first-order valence-electron chi connectivity index (χ1n) is 7.62. The molecule has 1 aliphatic carbocycles.